The fourth-order valence-electron chi connectivity index (χ4n) is 2.56. The molecular weight excluding hydrogens is 438 g/mol. The number of carbonyl (C=O) groups excluding carboxylic acids is 1. The van der Waals surface area contributed by atoms with Gasteiger partial charge in [0.25, 0.3) is 0 Å². The number of rotatable bonds is 8. The van der Waals surface area contributed by atoms with Gasteiger partial charge >= 0.3 is 11.9 Å². The summed E-state index contributed by atoms with van der Waals surface area (Å²) in [5, 5.41) is 45.7. The molecule has 12 heteroatoms. The summed E-state index contributed by atoms with van der Waals surface area (Å²) in [6.45, 7) is 3.42. The number of nitrogens with one attached hydrogen (secondary N) is 1. The third-order valence-electron chi connectivity index (χ3n) is 4.47. The van der Waals surface area contributed by atoms with Gasteiger partial charge in [0, 0.05) is 6.42 Å². The molecule has 0 unspecified atom stereocenters. The first-order valence-electron chi connectivity index (χ1n) is 9.58. The zero-order valence-electron chi connectivity index (χ0n) is 18.3. The molecule has 2 rings (SSSR count). The van der Waals surface area contributed by atoms with Gasteiger partial charge in [0.2, 0.25) is 0 Å². The number of hydrogen-bond acceptors (Lipinski definition) is 10. The van der Waals surface area contributed by atoms with Crippen molar-refractivity contribution >= 4 is 11.9 Å². The lowest BCUT2D eigenvalue weighted by atomic mass is 9.93. The SMILES string of the molecule is CCOC(=O)[C@@H](N)Cc1ccc(O)c(O)c1.C[C@@](Cc1ccc(O)c(O)c1)(NN)C(=O)O.O. The van der Waals surface area contributed by atoms with Crippen LogP contribution < -0.4 is 17.0 Å². The van der Waals surface area contributed by atoms with Gasteiger partial charge < -0.3 is 41.5 Å². The summed E-state index contributed by atoms with van der Waals surface area (Å²) < 4.78 is 4.75. The van der Waals surface area contributed by atoms with Crippen molar-refractivity contribution in [2.24, 2.45) is 11.6 Å². The molecule has 0 saturated carbocycles. The highest BCUT2D eigenvalue weighted by Crippen LogP contribution is 2.27. The van der Waals surface area contributed by atoms with E-state index in [0.29, 0.717) is 11.1 Å². The Labute approximate surface area is 190 Å². The number of aromatic hydroxyl groups is 4. The van der Waals surface area contributed by atoms with Crippen molar-refractivity contribution in [3.05, 3.63) is 47.5 Å². The monoisotopic (exact) mass is 469 g/mol. The minimum Gasteiger partial charge on any atom is -0.504 e. The van der Waals surface area contributed by atoms with Crippen molar-refractivity contribution in [2.45, 2.75) is 38.3 Å². The van der Waals surface area contributed by atoms with Crippen LogP contribution in [0.15, 0.2) is 36.4 Å². The summed E-state index contributed by atoms with van der Waals surface area (Å²) in [5.74, 6) is 2.64. The summed E-state index contributed by atoms with van der Waals surface area (Å²) in [4.78, 5) is 22.2. The third-order valence-corrected chi connectivity index (χ3v) is 4.47. The van der Waals surface area contributed by atoms with Gasteiger partial charge in [0.05, 0.1) is 6.61 Å². The quantitative estimate of drug-likeness (QED) is 0.107. The first kappa shape index (κ1) is 29.4. The molecule has 0 radical (unpaired) electrons. The largest absolute Gasteiger partial charge is 0.504 e. The number of carboxylic acids is 1. The molecule has 0 aliphatic rings. The Hall–Kier alpha value is -3.58. The Morgan fingerprint density at radius 1 is 1.00 bits per heavy atom. The molecule has 2 atom stereocenters. The Bertz CT molecular complexity index is 937. The second-order valence-corrected chi connectivity index (χ2v) is 7.17. The molecule has 0 spiro atoms. The van der Waals surface area contributed by atoms with E-state index >= 15 is 0 Å². The summed E-state index contributed by atoms with van der Waals surface area (Å²) in [6.07, 6.45) is 0.347. The zero-order chi connectivity index (χ0) is 24.5. The highest BCUT2D eigenvalue weighted by Gasteiger charge is 2.32. The van der Waals surface area contributed by atoms with Crippen LogP contribution in [-0.2, 0) is 27.2 Å². The Morgan fingerprint density at radius 3 is 1.91 bits per heavy atom. The molecule has 12 N–H and O–H groups in total. The van der Waals surface area contributed by atoms with Crippen molar-refractivity contribution in [1.29, 1.82) is 0 Å². The molecule has 12 nitrogen and oxygen atoms in total. The number of phenols is 4. The zero-order valence-corrected chi connectivity index (χ0v) is 18.3. The van der Waals surface area contributed by atoms with Crippen LogP contribution in [0.5, 0.6) is 23.0 Å². The van der Waals surface area contributed by atoms with E-state index in [1.165, 1.54) is 37.3 Å². The molecule has 0 aliphatic heterocycles. The van der Waals surface area contributed by atoms with Gasteiger partial charge in [-0.2, -0.15) is 0 Å². The lowest BCUT2D eigenvalue weighted by Gasteiger charge is -2.23. The molecule has 0 heterocycles. The molecule has 0 aromatic heterocycles. The molecule has 0 amide bonds. The Balaban J connectivity index is 0.000000602. The van der Waals surface area contributed by atoms with Crippen LogP contribution in [0.3, 0.4) is 0 Å². The van der Waals surface area contributed by atoms with E-state index in [4.69, 9.17) is 31.6 Å². The highest BCUT2D eigenvalue weighted by atomic mass is 16.5. The summed E-state index contributed by atoms with van der Waals surface area (Å²) in [6, 6.07) is 7.67. The summed E-state index contributed by atoms with van der Waals surface area (Å²) >= 11 is 0. The lowest BCUT2D eigenvalue weighted by Crippen LogP contribution is -2.54. The van der Waals surface area contributed by atoms with Gasteiger partial charge in [0.15, 0.2) is 23.0 Å². The normalized spacial score (nSPS) is 12.8. The second-order valence-electron chi connectivity index (χ2n) is 7.17. The van der Waals surface area contributed by atoms with Gasteiger partial charge in [0.1, 0.15) is 11.6 Å². The van der Waals surface area contributed by atoms with Crippen molar-refractivity contribution in [3.8, 4) is 23.0 Å². The van der Waals surface area contributed by atoms with E-state index in [1.54, 1.807) is 13.0 Å². The van der Waals surface area contributed by atoms with Crippen LogP contribution in [0.25, 0.3) is 0 Å². The number of nitrogens with two attached hydrogens (primary N) is 2. The van der Waals surface area contributed by atoms with Crippen molar-refractivity contribution in [3.63, 3.8) is 0 Å². The number of hydrazine groups is 1. The maximum absolute atomic E-state index is 11.2. The van der Waals surface area contributed by atoms with E-state index in [-0.39, 0.29) is 47.9 Å². The van der Waals surface area contributed by atoms with E-state index in [0.717, 1.165) is 0 Å². The smallest absolute Gasteiger partial charge is 0.325 e. The molecular formula is C21H31N3O9. The number of carboxylic acid groups (broad SMARTS) is 1. The molecule has 33 heavy (non-hydrogen) atoms. The van der Waals surface area contributed by atoms with E-state index in [2.05, 4.69) is 5.43 Å². The Morgan fingerprint density at radius 2 is 1.48 bits per heavy atom. The van der Waals surface area contributed by atoms with Crippen LogP contribution in [0, 0.1) is 0 Å². The van der Waals surface area contributed by atoms with E-state index in [1.807, 2.05) is 0 Å². The number of phenolic OH excluding ortho intramolecular Hbond substituents is 4. The highest BCUT2D eigenvalue weighted by molar-refractivity contribution is 5.78. The first-order valence-corrected chi connectivity index (χ1v) is 9.58. The minimum atomic E-state index is -1.32. The maximum Gasteiger partial charge on any atom is 0.325 e. The molecule has 0 aliphatic carbocycles. The van der Waals surface area contributed by atoms with Crippen LogP contribution in [-0.4, -0.2) is 61.1 Å². The van der Waals surface area contributed by atoms with Crippen LogP contribution in [0.4, 0.5) is 0 Å². The number of esters is 1. The Kier molecular flexibility index (Phi) is 11.7. The second kappa shape index (κ2) is 13.1. The van der Waals surface area contributed by atoms with Crippen LogP contribution >= 0.6 is 0 Å². The number of benzene rings is 2. The number of aliphatic carboxylic acids is 1. The molecule has 184 valence electrons. The molecule has 2 aromatic carbocycles. The fraction of sp³-hybridized carbons (Fsp3) is 0.333. The maximum atomic E-state index is 11.2. The lowest BCUT2D eigenvalue weighted by molar-refractivity contribution is -0.145. The average molecular weight is 469 g/mol. The van der Waals surface area contributed by atoms with Crippen LogP contribution in [0.2, 0.25) is 0 Å². The minimum absolute atomic E-state index is 0. The number of hydrogen-bond donors (Lipinski definition) is 8. The molecule has 0 fully saturated rings. The topological polar surface area (TPSA) is 240 Å². The van der Waals surface area contributed by atoms with Crippen molar-refractivity contribution in [2.75, 3.05) is 6.61 Å². The standard InChI is InChI=1S/C11H15NO4.C10H14N2O4.H2O/c1-2-16-11(15)8(12)5-7-3-4-9(13)10(14)6-7;1-10(12-11,9(15)16)5-6-2-3-7(13)8(14)4-6;/h3-4,6,8,13-14H,2,5,12H2,1H3;2-4,12-14H,5,11H2,1H3,(H,15,16);1H2/t8-;10-;/m00./s1. The van der Waals surface area contributed by atoms with Gasteiger partial charge in [-0.1, -0.05) is 12.1 Å². The van der Waals surface area contributed by atoms with Gasteiger partial charge in [-0.25, -0.2) is 5.43 Å². The van der Waals surface area contributed by atoms with E-state index in [9.17, 15) is 19.8 Å². The van der Waals surface area contributed by atoms with Crippen LogP contribution in [0.1, 0.15) is 25.0 Å². The first-order chi connectivity index (χ1) is 14.9. The van der Waals surface area contributed by atoms with Gasteiger partial charge in [-0.05, 0) is 55.7 Å². The summed E-state index contributed by atoms with van der Waals surface area (Å²) in [7, 11) is 0. The molecule has 2 aromatic rings. The number of ether oxygens (including phenoxy) is 1. The predicted molar refractivity (Wildman–Crippen MR) is 119 cm³/mol. The molecule has 0 saturated heterocycles. The van der Waals surface area contributed by atoms with E-state index < -0.39 is 23.5 Å². The fourth-order valence-corrected chi connectivity index (χ4v) is 2.56. The molecule has 0 bridgehead atoms. The van der Waals surface area contributed by atoms with Crippen molar-refractivity contribution < 1.29 is 45.3 Å². The van der Waals surface area contributed by atoms with Gasteiger partial charge in [-0.15, -0.1) is 0 Å². The van der Waals surface area contributed by atoms with Gasteiger partial charge in [-0.3, -0.25) is 15.4 Å². The summed E-state index contributed by atoms with van der Waals surface area (Å²) in [5.41, 5.74) is 7.72. The van der Waals surface area contributed by atoms with Crippen molar-refractivity contribution in [1.82, 2.24) is 5.43 Å². The third kappa shape index (κ3) is 8.82. The average Bonchev–Trinajstić information content (AvgIpc) is 2.73. The number of carbonyl (C=O) groups is 2. The predicted octanol–water partition coefficient (Wildman–Crippen LogP) is -0.347.